The molecular weight excluding hydrogens is 182 g/mol. The molecule has 0 aliphatic heterocycles. The maximum absolute atomic E-state index is 5.00. The highest BCUT2D eigenvalue weighted by molar-refractivity contribution is 7.80. The molecular formula is C10H13NOS. The molecule has 0 saturated heterocycles. The fourth-order valence-corrected chi connectivity index (χ4v) is 1.11. The first-order chi connectivity index (χ1) is 6.27. The minimum absolute atomic E-state index is 0.653. The van der Waals surface area contributed by atoms with Gasteiger partial charge in [0.15, 0.2) is 0 Å². The normalized spacial score (nSPS) is 10.7. The minimum atomic E-state index is 0.653. The zero-order valence-corrected chi connectivity index (χ0v) is 8.71. The highest BCUT2D eigenvalue weighted by atomic mass is 32.1. The van der Waals surface area contributed by atoms with Crippen LogP contribution in [0.25, 0.3) is 6.08 Å². The number of hydrogen-bond acceptors (Lipinski definition) is 3. The van der Waals surface area contributed by atoms with E-state index in [4.69, 9.17) is 4.74 Å². The van der Waals surface area contributed by atoms with Crippen LogP contribution < -0.4 is 4.74 Å². The van der Waals surface area contributed by atoms with E-state index in [1.165, 1.54) is 0 Å². The molecule has 0 saturated carbocycles. The molecule has 0 aliphatic carbocycles. The lowest BCUT2D eigenvalue weighted by molar-refractivity contribution is 0.397. The molecule has 0 amide bonds. The maximum Gasteiger partial charge on any atom is 0.213 e. The second-order valence-corrected chi connectivity index (χ2v) is 3.03. The molecule has 0 unspecified atom stereocenters. The topological polar surface area (TPSA) is 22.1 Å². The Kier molecular flexibility index (Phi) is 3.83. The molecule has 2 nitrogen and oxygen atoms in total. The summed E-state index contributed by atoms with van der Waals surface area (Å²) >= 11 is 4.09. The van der Waals surface area contributed by atoms with Gasteiger partial charge in [-0.25, -0.2) is 4.98 Å². The SMILES string of the molecule is COc1cc(C)c(C=CCS)cn1. The number of pyridine rings is 1. The summed E-state index contributed by atoms with van der Waals surface area (Å²) < 4.78 is 5.00. The molecule has 0 atom stereocenters. The van der Waals surface area contributed by atoms with Gasteiger partial charge in [0, 0.05) is 18.0 Å². The summed E-state index contributed by atoms with van der Waals surface area (Å²) in [4.78, 5) is 4.11. The first-order valence-corrected chi connectivity index (χ1v) is 4.69. The lowest BCUT2D eigenvalue weighted by Gasteiger charge is -2.02. The lowest BCUT2D eigenvalue weighted by atomic mass is 10.1. The highest BCUT2D eigenvalue weighted by Gasteiger charge is 1.97. The molecule has 0 aromatic carbocycles. The third-order valence-electron chi connectivity index (χ3n) is 1.74. The summed E-state index contributed by atoms with van der Waals surface area (Å²) in [5.41, 5.74) is 2.26. The zero-order valence-electron chi connectivity index (χ0n) is 7.82. The Balaban J connectivity index is 2.91. The second kappa shape index (κ2) is 4.92. The van der Waals surface area contributed by atoms with Gasteiger partial charge in [0.25, 0.3) is 0 Å². The average molecular weight is 195 g/mol. The number of methoxy groups -OCH3 is 1. The van der Waals surface area contributed by atoms with Crippen molar-refractivity contribution in [1.82, 2.24) is 4.98 Å². The van der Waals surface area contributed by atoms with Crippen molar-refractivity contribution < 1.29 is 4.74 Å². The summed E-state index contributed by atoms with van der Waals surface area (Å²) in [6.45, 7) is 2.03. The number of hydrogen-bond donors (Lipinski definition) is 1. The molecule has 1 aromatic rings. The van der Waals surface area contributed by atoms with Crippen LogP contribution in [-0.4, -0.2) is 17.8 Å². The minimum Gasteiger partial charge on any atom is -0.481 e. The van der Waals surface area contributed by atoms with Crippen molar-refractivity contribution in [1.29, 1.82) is 0 Å². The molecule has 1 heterocycles. The van der Waals surface area contributed by atoms with Crippen LogP contribution in [0.1, 0.15) is 11.1 Å². The second-order valence-electron chi connectivity index (χ2n) is 2.67. The molecule has 0 N–H and O–H groups in total. The number of nitrogens with zero attached hydrogens (tertiary/aromatic N) is 1. The first kappa shape index (κ1) is 10.1. The average Bonchev–Trinajstić information content (AvgIpc) is 2.16. The zero-order chi connectivity index (χ0) is 9.68. The van der Waals surface area contributed by atoms with E-state index >= 15 is 0 Å². The Hall–Kier alpha value is -0.960. The molecule has 0 fully saturated rings. The van der Waals surface area contributed by atoms with Crippen LogP contribution in [0.3, 0.4) is 0 Å². The number of ether oxygens (including phenoxy) is 1. The largest absolute Gasteiger partial charge is 0.481 e. The summed E-state index contributed by atoms with van der Waals surface area (Å²) in [7, 11) is 1.62. The van der Waals surface area contributed by atoms with Gasteiger partial charge >= 0.3 is 0 Å². The quantitative estimate of drug-likeness (QED) is 0.748. The first-order valence-electron chi connectivity index (χ1n) is 4.06. The third-order valence-corrected chi connectivity index (χ3v) is 1.95. The van der Waals surface area contributed by atoms with Gasteiger partial charge in [-0.2, -0.15) is 12.6 Å². The monoisotopic (exact) mass is 195 g/mol. The highest BCUT2D eigenvalue weighted by Crippen LogP contribution is 2.14. The Morgan fingerprint density at radius 3 is 2.92 bits per heavy atom. The Bertz CT molecular complexity index is 310. The number of aryl methyl sites for hydroxylation is 1. The van der Waals surface area contributed by atoms with Gasteiger partial charge in [0.2, 0.25) is 5.88 Å². The van der Waals surface area contributed by atoms with Crippen LogP contribution >= 0.6 is 12.6 Å². The van der Waals surface area contributed by atoms with Crippen LogP contribution in [0, 0.1) is 6.92 Å². The smallest absolute Gasteiger partial charge is 0.213 e. The molecule has 0 radical (unpaired) electrons. The molecule has 13 heavy (non-hydrogen) atoms. The molecule has 70 valence electrons. The van der Waals surface area contributed by atoms with Gasteiger partial charge < -0.3 is 4.74 Å². The summed E-state index contributed by atoms with van der Waals surface area (Å²) in [6.07, 6.45) is 5.79. The summed E-state index contributed by atoms with van der Waals surface area (Å²) in [6, 6.07) is 1.91. The predicted octanol–water partition coefficient (Wildman–Crippen LogP) is 2.34. The third kappa shape index (κ3) is 2.77. The molecule has 3 heteroatoms. The van der Waals surface area contributed by atoms with E-state index in [0.717, 1.165) is 16.9 Å². The lowest BCUT2D eigenvalue weighted by Crippen LogP contribution is -1.90. The van der Waals surface area contributed by atoms with Crippen LogP contribution in [0.15, 0.2) is 18.3 Å². The molecule has 0 bridgehead atoms. The number of rotatable bonds is 3. The van der Waals surface area contributed by atoms with Gasteiger partial charge in [-0.1, -0.05) is 12.2 Å². The maximum atomic E-state index is 5.00. The van der Waals surface area contributed by atoms with Gasteiger partial charge in [-0.05, 0) is 18.1 Å². The van der Waals surface area contributed by atoms with Gasteiger partial charge in [0.05, 0.1) is 7.11 Å². The van der Waals surface area contributed by atoms with Crippen LogP contribution in [0.2, 0.25) is 0 Å². The van der Waals surface area contributed by atoms with Crippen LogP contribution in [-0.2, 0) is 0 Å². The van der Waals surface area contributed by atoms with E-state index in [-0.39, 0.29) is 0 Å². The van der Waals surface area contributed by atoms with E-state index < -0.39 is 0 Å². The Labute approximate surface area is 84.1 Å². The number of aromatic nitrogens is 1. The van der Waals surface area contributed by atoms with Crippen molar-refractivity contribution >= 4 is 18.7 Å². The fraction of sp³-hybridized carbons (Fsp3) is 0.300. The fourth-order valence-electron chi connectivity index (χ4n) is 1.01. The molecule has 1 rings (SSSR count). The van der Waals surface area contributed by atoms with E-state index in [2.05, 4.69) is 17.6 Å². The van der Waals surface area contributed by atoms with Crippen molar-refractivity contribution in [2.75, 3.05) is 12.9 Å². The molecule has 0 aliphatic rings. The van der Waals surface area contributed by atoms with E-state index in [0.29, 0.717) is 5.88 Å². The van der Waals surface area contributed by atoms with Crippen molar-refractivity contribution in [3.63, 3.8) is 0 Å². The van der Waals surface area contributed by atoms with Crippen LogP contribution in [0.4, 0.5) is 0 Å². The van der Waals surface area contributed by atoms with Gasteiger partial charge in [-0.15, -0.1) is 0 Å². The van der Waals surface area contributed by atoms with E-state index in [1.54, 1.807) is 13.3 Å². The number of thiol groups is 1. The van der Waals surface area contributed by atoms with Gasteiger partial charge in [0.1, 0.15) is 0 Å². The van der Waals surface area contributed by atoms with Crippen molar-refractivity contribution in [3.8, 4) is 5.88 Å². The van der Waals surface area contributed by atoms with Crippen LogP contribution in [0.5, 0.6) is 5.88 Å². The van der Waals surface area contributed by atoms with Crippen molar-refractivity contribution in [2.45, 2.75) is 6.92 Å². The van der Waals surface area contributed by atoms with Crippen molar-refractivity contribution in [3.05, 3.63) is 29.5 Å². The Morgan fingerprint density at radius 2 is 2.38 bits per heavy atom. The molecule has 1 aromatic heterocycles. The van der Waals surface area contributed by atoms with Crippen molar-refractivity contribution in [2.24, 2.45) is 0 Å². The summed E-state index contributed by atoms with van der Waals surface area (Å²) in [5, 5.41) is 0. The predicted molar refractivity (Wildman–Crippen MR) is 58.4 cm³/mol. The Morgan fingerprint density at radius 1 is 1.62 bits per heavy atom. The summed E-state index contributed by atoms with van der Waals surface area (Å²) in [5.74, 6) is 1.39. The van der Waals surface area contributed by atoms with E-state index in [9.17, 15) is 0 Å². The van der Waals surface area contributed by atoms with Gasteiger partial charge in [-0.3, -0.25) is 0 Å². The van der Waals surface area contributed by atoms with E-state index in [1.807, 2.05) is 25.1 Å². The molecule has 0 spiro atoms. The standard InChI is InChI=1S/C10H13NOS/c1-8-6-10(12-2)11-7-9(8)4-3-5-13/h3-4,6-7,13H,5H2,1-2H3.